The van der Waals surface area contributed by atoms with Crippen LogP contribution < -0.4 is 15.4 Å². The zero-order valence-corrected chi connectivity index (χ0v) is 17.5. The first-order valence-corrected chi connectivity index (χ1v) is 10.5. The molecular weight excluding hydrogens is 390 g/mol. The monoisotopic (exact) mass is 413 g/mol. The van der Waals surface area contributed by atoms with Gasteiger partial charge < -0.3 is 19.9 Å². The number of aromatic nitrogens is 1. The van der Waals surface area contributed by atoms with Crippen LogP contribution in [0.2, 0.25) is 0 Å². The third-order valence-corrected chi connectivity index (χ3v) is 6.08. The maximum atomic E-state index is 5.63. The van der Waals surface area contributed by atoms with Crippen molar-refractivity contribution in [2.75, 3.05) is 7.11 Å². The first-order valence-electron chi connectivity index (χ1n) is 10.1. The van der Waals surface area contributed by atoms with Gasteiger partial charge in [-0.15, -0.1) is 0 Å². The van der Waals surface area contributed by atoms with E-state index >= 15 is 0 Å². The summed E-state index contributed by atoms with van der Waals surface area (Å²) in [7, 11) is 1.69. The minimum absolute atomic E-state index is 0.00525. The van der Waals surface area contributed by atoms with Gasteiger partial charge in [0.25, 0.3) is 0 Å². The Balaban J connectivity index is 1.67. The van der Waals surface area contributed by atoms with E-state index in [1.165, 1.54) is 22.0 Å². The molecule has 0 saturated carbocycles. The predicted molar refractivity (Wildman–Crippen MR) is 125 cm³/mol. The summed E-state index contributed by atoms with van der Waals surface area (Å²) in [4.78, 5) is 0. The summed E-state index contributed by atoms with van der Waals surface area (Å²) >= 11 is 5.63. The second kappa shape index (κ2) is 7.84. The van der Waals surface area contributed by atoms with Crippen molar-refractivity contribution in [3.8, 4) is 5.75 Å². The first kappa shape index (κ1) is 18.7. The molecule has 3 aromatic carbocycles. The van der Waals surface area contributed by atoms with E-state index in [2.05, 4.69) is 88.1 Å². The number of rotatable bonds is 4. The van der Waals surface area contributed by atoms with Gasteiger partial charge in [-0.2, -0.15) is 0 Å². The smallest absolute Gasteiger partial charge is 0.167 e. The summed E-state index contributed by atoms with van der Waals surface area (Å²) < 4.78 is 7.73. The largest absolute Gasteiger partial charge is 0.497 e. The minimum atomic E-state index is 0.00525. The molecule has 2 heterocycles. The van der Waals surface area contributed by atoms with Crippen molar-refractivity contribution in [2.45, 2.75) is 18.1 Å². The lowest BCUT2D eigenvalue weighted by Crippen LogP contribution is -2.52. The molecule has 1 fully saturated rings. The van der Waals surface area contributed by atoms with Gasteiger partial charge in [-0.1, -0.05) is 60.7 Å². The van der Waals surface area contributed by atoms with E-state index < -0.39 is 0 Å². The summed E-state index contributed by atoms with van der Waals surface area (Å²) in [6.45, 7) is 0. The molecule has 3 unspecified atom stereocenters. The maximum absolute atomic E-state index is 5.63. The van der Waals surface area contributed by atoms with Crippen molar-refractivity contribution in [1.82, 2.24) is 15.2 Å². The standard InChI is InChI=1S/C25H23N3OS/c1-29-20-13-11-19(12-14-20)23-24(28-16-15-17-7-5-6-10-21(17)28)22(26-25(30)27-23)18-8-3-2-4-9-18/h2-16,22-24H,1H3,(H2,26,27,30). The van der Waals surface area contributed by atoms with Gasteiger partial charge in [-0.05, 0) is 53.0 Å². The molecule has 0 aliphatic carbocycles. The highest BCUT2D eigenvalue weighted by atomic mass is 32.1. The molecule has 1 aliphatic heterocycles. The van der Waals surface area contributed by atoms with Crippen LogP contribution in [0.5, 0.6) is 5.75 Å². The zero-order valence-electron chi connectivity index (χ0n) is 16.7. The van der Waals surface area contributed by atoms with Crippen molar-refractivity contribution < 1.29 is 4.74 Å². The Morgan fingerprint density at radius 1 is 0.767 bits per heavy atom. The van der Waals surface area contributed by atoms with Crippen LogP contribution in [0, 0.1) is 0 Å². The fourth-order valence-corrected chi connectivity index (χ4v) is 4.66. The summed E-state index contributed by atoms with van der Waals surface area (Å²) in [6, 6.07) is 29.6. The Bertz CT molecular complexity index is 1170. The molecule has 150 valence electrons. The lowest BCUT2D eigenvalue weighted by Gasteiger charge is -2.42. The van der Waals surface area contributed by atoms with E-state index in [1.807, 2.05) is 18.2 Å². The van der Waals surface area contributed by atoms with Crippen LogP contribution in [0.15, 0.2) is 91.1 Å². The van der Waals surface area contributed by atoms with E-state index in [1.54, 1.807) is 7.11 Å². The normalized spacial score (nSPS) is 21.1. The number of ether oxygens (including phenoxy) is 1. The highest BCUT2D eigenvalue weighted by molar-refractivity contribution is 7.80. The molecule has 3 atom stereocenters. The Kier molecular flexibility index (Phi) is 4.89. The second-order valence-corrected chi connectivity index (χ2v) is 7.94. The number of nitrogens with one attached hydrogen (secondary N) is 2. The number of hydrogen-bond donors (Lipinski definition) is 2. The Labute approximate surface area is 181 Å². The molecule has 4 nitrogen and oxygen atoms in total. The van der Waals surface area contributed by atoms with Crippen LogP contribution in [0.1, 0.15) is 29.3 Å². The number of thiocarbonyl (C=S) groups is 1. The van der Waals surface area contributed by atoms with Crippen molar-refractivity contribution in [2.24, 2.45) is 0 Å². The third kappa shape index (κ3) is 3.31. The van der Waals surface area contributed by atoms with E-state index in [0.29, 0.717) is 5.11 Å². The first-order chi connectivity index (χ1) is 14.7. The molecule has 0 amide bonds. The Morgan fingerprint density at radius 2 is 1.40 bits per heavy atom. The van der Waals surface area contributed by atoms with E-state index in [9.17, 15) is 0 Å². The minimum Gasteiger partial charge on any atom is -0.497 e. The van der Waals surface area contributed by atoms with Crippen LogP contribution >= 0.6 is 12.2 Å². The summed E-state index contributed by atoms with van der Waals surface area (Å²) in [6.07, 6.45) is 2.18. The van der Waals surface area contributed by atoms with Gasteiger partial charge in [0, 0.05) is 11.7 Å². The number of hydrogen-bond acceptors (Lipinski definition) is 2. The van der Waals surface area contributed by atoms with Crippen molar-refractivity contribution >= 4 is 28.2 Å². The summed E-state index contributed by atoms with van der Waals surface area (Å²) in [5.41, 5.74) is 3.59. The van der Waals surface area contributed by atoms with Crippen molar-refractivity contribution in [1.29, 1.82) is 0 Å². The summed E-state index contributed by atoms with van der Waals surface area (Å²) in [5.74, 6) is 0.845. The highest BCUT2D eigenvalue weighted by Gasteiger charge is 2.38. The van der Waals surface area contributed by atoms with Crippen LogP contribution in [-0.4, -0.2) is 16.8 Å². The number of fused-ring (bicyclic) bond motifs is 1. The van der Waals surface area contributed by atoms with E-state index in [4.69, 9.17) is 17.0 Å². The fraction of sp³-hybridized carbons (Fsp3) is 0.160. The third-order valence-electron chi connectivity index (χ3n) is 5.84. The number of nitrogens with zero attached hydrogens (tertiary/aromatic N) is 1. The lowest BCUT2D eigenvalue weighted by molar-refractivity contribution is 0.294. The molecular formula is C25H23N3OS. The predicted octanol–water partition coefficient (Wildman–Crippen LogP) is 5.15. The average Bonchev–Trinajstić information content (AvgIpc) is 3.23. The maximum Gasteiger partial charge on any atom is 0.167 e. The molecule has 1 saturated heterocycles. The molecule has 1 aromatic heterocycles. The quantitative estimate of drug-likeness (QED) is 0.454. The molecule has 0 radical (unpaired) electrons. The number of methoxy groups -OCH3 is 1. The van der Waals surface area contributed by atoms with Crippen LogP contribution in [0.25, 0.3) is 10.9 Å². The van der Waals surface area contributed by atoms with Crippen LogP contribution in [0.4, 0.5) is 0 Å². The molecule has 0 bridgehead atoms. The molecule has 5 rings (SSSR count). The van der Waals surface area contributed by atoms with Gasteiger partial charge in [-0.3, -0.25) is 0 Å². The van der Waals surface area contributed by atoms with Crippen LogP contribution in [-0.2, 0) is 0 Å². The second-order valence-electron chi connectivity index (χ2n) is 7.53. The number of benzene rings is 3. The van der Waals surface area contributed by atoms with Gasteiger partial charge in [0.05, 0.1) is 25.2 Å². The summed E-state index contributed by atoms with van der Waals surface area (Å²) in [5, 5.41) is 8.96. The van der Waals surface area contributed by atoms with Crippen molar-refractivity contribution in [3.05, 3.63) is 102 Å². The van der Waals surface area contributed by atoms with Gasteiger partial charge in [0.2, 0.25) is 0 Å². The van der Waals surface area contributed by atoms with E-state index in [-0.39, 0.29) is 18.1 Å². The lowest BCUT2D eigenvalue weighted by atomic mass is 9.87. The van der Waals surface area contributed by atoms with Gasteiger partial charge in [0.1, 0.15) is 5.75 Å². The molecule has 4 aromatic rings. The van der Waals surface area contributed by atoms with Crippen LogP contribution in [0.3, 0.4) is 0 Å². The molecule has 30 heavy (non-hydrogen) atoms. The Hall–Kier alpha value is -3.31. The molecule has 5 heteroatoms. The van der Waals surface area contributed by atoms with Gasteiger partial charge in [-0.25, -0.2) is 0 Å². The van der Waals surface area contributed by atoms with Crippen molar-refractivity contribution in [3.63, 3.8) is 0 Å². The van der Waals surface area contributed by atoms with E-state index in [0.717, 1.165) is 5.75 Å². The number of para-hydroxylation sites is 1. The Morgan fingerprint density at radius 3 is 2.10 bits per heavy atom. The van der Waals surface area contributed by atoms with Gasteiger partial charge >= 0.3 is 0 Å². The fourth-order valence-electron chi connectivity index (χ4n) is 4.41. The molecule has 2 N–H and O–H groups in total. The zero-order chi connectivity index (χ0) is 20.5. The molecule has 0 spiro atoms. The van der Waals surface area contributed by atoms with Gasteiger partial charge in [0.15, 0.2) is 5.11 Å². The topological polar surface area (TPSA) is 38.2 Å². The molecule has 1 aliphatic rings. The SMILES string of the molecule is COc1ccc(C2NC(=S)NC(c3ccccc3)C2n2ccc3ccccc32)cc1. The average molecular weight is 414 g/mol. The highest BCUT2D eigenvalue weighted by Crippen LogP contribution is 2.41.